The van der Waals surface area contributed by atoms with Crippen molar-refractivity contribution in [3.63, 3.8) is 0 Å². The third-order valence-corrected chi connectivity index (χ3v) is 2.51. The standard InChI is InChI=1S/C13H19NO/c1-10(2)6-5-8-11-7-3-4-9-12(11)13(14)15/h3-4,7,9-10H,5-6,8H2,1-2H3,(H2,14,15). The Balaban J connectivity index is 2.63. The normalized spacial score (nSPS) is 10.6. The molecule has 15 heavy (non-hydrogen) atoms. The fourth-order valence-electron chi connectivity index (χ4n) is 1.68. The number of benzene rings is 1. The van der Waals surface area contributed by atoms with E-state index < -0.39 is 0 Å². The van der Waals surface area contributed by atoms with Gasteiger partial charge in [-0.25, -0.2) is 0 Å². The topological polar surface area (TPSA) is 43.1 Å². The number of amides is 1. The largest absolute Gasteiger partial charge is 0.366 e. The van der Waals surface area contributed by atoms with Gasteiger partial charge in [-0.2, -0.15) is 0 Å². The van der Waals surface area contributed by atoms with Crippen molar-refractivity contribution in [3.8, 4) is 0 Å². The molecule has 2 N–H and O–H groups in total. The van der Waals surface area contributed by atoms with Gasteiger partial charge in [-0.05, 0) is 30.4 Å². The van der Waals surface area contributed by atoms with Crippen LogP contribution in [0, 0.1) is 5.92 Å². The number of hydrogen-bond donors (Lipinski definition) is 1. The van der Waals surface area contributed by atoms with Crippen molar-refractivity contribution in [2.24, 2.45) is 11.7 Å². The van der Waals surface area contributed by atoms with Crippen molar-refractivity contribution >= 4 is 5.91 Å². The van der Waals surface area contributed by atoms with E-state index in [1.165, 1.54) is 6.42 Å². The molecule has 0 aliphatic carbocycles. The van der Waals surface area contributed by atoms with E-state index in [4.69, 9.17) is 5.73 Å². The van der Waals surface area contributed by atoms with Gasteiger partial charge in [0.2, 0.25) is 5.91 Å². The van der Waals surface area contributed by atoms with Gasteiger partial charge < -0.3 is 5.73 Å². The molecule has 1 rings (SSSR count). The SMILES string of the molecule is CC(C)CCCc1ccccc1C(N)=O. The second kappa shape index (κ2) is 5.54. The van der Waals surface area contributed by atoms with Crippen molar-refractivity contribution in [3.05, 3.63) is 35.4 Å². The summed E-state index contributed by atoms with van der Waals surface area (Å²) in [5, 5.41) is 0. The quantitative estimate of drug-likeness (QED) is 0.789. The fourth-order valence-corrected chi connectivity index (χ4v) is 1.68. The molecule has 1 aromatic rings. The van der Waals surface area contributed by atoms with Crippen LogP contribution in [0.25, 0.3) is 0 Å². The maximum atomic E-state index is 11.1. The molecule has 0 atom stereocenters. The molecule has 0 radical (unpaired) electrons. The predicted octanol–water partition coefficient (Wildman–Crippen LogP) is 2.76. The van der Waals surface area contributed by atoms with Gasteiger partial charge in [0.15, 0.2) is 0 Å². The Bertz CT molecular complexity index is 331. The molecular weight excluding hydrogens is 186 g/mol. The van der Waals surface area contributed by atoms with E-state index in [9.17, 15) is 4.79 Å². The summed E-state index contributed by atoms with van der Waals surface area (Å²) in [6.45, 7) is 4.42. The zero-order chi connectivity index (χ0) is 11.3. The van der Waals surface area contributed by atoms with Crippen LogP contribution in [0.2, 0.25) is 0 Å². The average Bonchev–Trinajstić information content (AvgIpc) is 2.17. The number of hydrogen-bond acceptors (Lipinski definition) is 1. The number of carbonyl (C=O) groups excluding carboxylic acids is 1. The van der Waals surface area contributed by atoms with Gasteiger partial charge in [-0.1, -0.05) is 38.5 Å². The van der Waals surface area contributed by atoms with Gasteiger partial charge in [-0.3, -0.25) is 4.79 Å². The highest BCUT2D eigenvalue weighted by molar-refractivity contribution is 5.94. The highest BCUT2D eigenvalue weighted by atomic mass is 16.1. The van der Waals surface area contributed by atoms with Gasteiger partial charge >= 0.3 is 0 Å². The Hall–Kier alpha value is -1.31. The molecule has 82 valence electrons. The lowest BCUT2D eigenvalue weighted by atomic mass is 9.98. The molecule has 0 saturated carbocycles. The first-order valence-electron chi connectivity index (χ1n) is 5.49. The van der Waals surface area contributed by atoms with Crippen molar-refractivity contribution < 1.29 is 4.79 Å². The zero-order valence-electron chi connectivity index (χ0n) is 9.49. The lowest BCUT2D eigenvalue weighted by Crippen LogP contribution is -2.13. The van der Waals surface area contributed by atoms with Gasteiger partial charge in [-0.15, -0.1) is 0 Å². The summed E-state index contributed by atoms with van der Waals surface area (Å²) in [4.78, 5) is 11.1. The molecule has 0 bridgehead atoms. The Morgan fingerprint density at radius 1 is 1.33 bits per heavy atom. The van der Waals surface area contributed by atoms with Crippen molar-refractivity contribution in [2.75, 3.05) is 0 Å². The number of rotatable bonds is 5. The first-order valence-corrected chi connectivity index (χ1v) is 5.49. The Morgan fingerprint density at radius 2 is 2.00 bits per heavy atom. The van der Waals surface area contributed by atoms with Crippen LogP contribution in [-0.4, -0.2) is 5.91 Å². The van der Waals surface area contributed by atoms with E-state index >= 15 is 0 Å². The Labute approximate surface area is 91.5 Å². The summed E-state index contributed by atoms with van der Waals surface area (Å²) in [7, 11) is 0. The molecule has 2 heteroatoms. The molecule has 0 unspecified atom stereocenters. The monoisotopic (exact) mass is 205 g/mol. The van der Waals surface area contributed by atoms with Crippen LogP contribution in [0.5, 0.6) is 0 Å². The molecule has 0 saturated heterocycles. The number of nitrogens with two attached hydrogens (primary N) is 1. The van der Waals surface area contributed by atoms with E-state index in [1.807, 2.05) is 18.2 Å². The molecule has 1 aromatic carbocycles. The smallest absolute Gasteiger partial charge is 0.248 e. The van der Waals surface area contributed by atoms with Crippen LogP contribution < -0.4 is 5.73 Å². The minimum absolute atomic E-state index is 0.324. The molecule has 0 aromatic heterocycles. The Morgan fingerprint density at radius 3 is 2.60 bits per heavy atom. The summed E-state index contributed by atoms with van der Waals surface area (Å²) in [6, 6.07) is 7.59. The van der Waals surface area contributed by atoms with Crippen molar-refractivity contribution in [1.82, 2.24) is 0 Å². The third-order valence-electron chi connectivity index (χ3n) is 2.51. The average molecular weight is 205 g/mol. The van der Waals surface area contributed by atoms with E-state index in [0.29, 0.717) is 11.5 Å². The van der Waals surface area contributed by atoms with Gasteiger partial charge in [0, 0.05) is 5.56 Å². The van der Waals surface area contributed by atoms with Crippen LogP contribution in [0.3, 0.4) is 0 Å². The summed E-state index contributed by atoms with van der Waals surface area (Å²) in [5.74, 6) is 0.390. The van der Waals surface area contributed by atoms with E-state index in [0.717, 1.165) is 18.4 Å². The number of primary amides is 1. The van der Waals surface area contributed by atoms with Gasteiger partial charge in [0.05, 0.1) is 0 Å². The molecule has 0 aliphatic heterocycles. The minimum Gasteiger partial charge on any atom is -0.366 e. The lowest BCUT2D eigenvalue weighted by Gasteiger charge is -2.07. The molecule has 0 fully saturated rings. The molecule has 0 heterocycles. The maximum absolute atomic E-state index is 11.1. The minimum atomic E-state index is -0.324. The maximum Gasteiger partial charge on any atom is 0.248 e. The molecule has 0 aliphatic rings. The highest BCUT2D eigenvalue weighted by Crippen LogP contribution is 2.13. The lowest BCUT2D eigenvalue weighted by molar-refractivity contribution is 0.0999. The van der Waals surface area contributed by atoms with Crippen LogP contribution in [0.1, 0.15) is 42.6 Å². The molecular formula is C13H19NO. The first kappa shape index (κ1) is 11.8. The second-order valence-corrected chi connectivity index (χ2v) is 4.31. The zero-order valence-corrected chi connectivity index (χ0v) is 9.49. The van der Waals surface area contributed by atoms with Gasteiger partial charge in [0.25, 0.3) is 0 Å². The van der Waals surface area contributed by atoms with E-state index in [1.54, 1.807) is 6.07 Å². The van der Waals surface area contributed by atoms with Crippen LogP contribution in [0.15, 0.2) is 24.3 Å². The van der Waals surface area contributed by atoms with E-state index in [-0.39, 0.29) is 5.91 Å². The Kier molecular flexibility index (Phi) is 4.35. The summed E-state index contributed by atoms with van der Waals surface area (Å²) >= 11 is 0. The molecule has 1 amide bonds. The second-order valence-electron chi connectivity index (χ2n) is 4.31. The summed E-state index contributed by atoms with van der Waals surface area (Å²) in [5.41, 5.74) is 7.05. The summed E-state index contributed by atoms with van der Waals surface area (Å²) < 4.78 is 0. The van der Waals surface area contributed by atoms with Crippen molar-refractivity contribution in [1.29, 1.82) is 0 Å². The highest BCUT2D eigenvalue weighted by Gasteiger charge is 2.06. The van der Waals surface area contributed by atoms with Crippen LogP contribution in [-0.2, 0) is 6.42 Å². The number of carbonyl (C=O) groups is 1. The van der Waals surface area contributed by atoms with E-state index in [2.05, 4.69) is 13.8 Å². The molecule has 2 nitrogen and oxygen atoms in total. The van der Waals surface area contributed by atoms with Gasteiger partial charge in [0.1, 0.15) is 0 Å². The predicted molar refractivity (Wildman–Crippen MR) is 62.7 cm³/mol. The third kappa shape index (κ3) is 3.74. The summed E-state index contributed by atoms with van der Waals surface area (Å²) in [6.07, 6.45) is 3.24. The van der Waals surface area contributed by atoms with Crippen LogP contribution in [0.4, 0.5) is 0 Å². The van der Waals surface area contributed by atoms with Crippen molar-refractivity contribution in [2.45, 2.75) is 33.1 Å². The molecule has 0 spiro atoms. The first-order chi connectivity index (χ1) is 7.11. The number of aryl methyl sites for hydroxylation is 1. The fraction of sp³-hybridized carbons (Fsp3) is 0.462. The van der Waals surface area contributed by atoms with Crippen LogP contribution >= 0.6 is 0 Å².